The molecule has 0 aromatic heterocycles. The molecule has 2 unspecified atom stereocenters. The molecule has 0 aliphatic carbocycles. The summed E-state index contributed by atoms with van der Waals surface area (Å²) in [5.41, 5.74) is 5.38. The predicted octanol–water partition coefficient (Wildman–Crippen LogP) is 18.7. The molecule has 0 spiro atoms. The maximum absolute atomic E-state index is 12.7. The first-order valence-electron chi connectivity index (χ1n) is 29.3. The molecule has 424 valence electrons. The third-order valence-corrected chi connectivity index (χ3v) is 12.7. The normalized spacial score (nSPS) is 14.1. The number of ether oxygens (including phenoxy) is 2. The average Bonchev–Trinajstić information content (AvgIpc) is 3.40. The van der Waals surface area contributed by atoms with E-state index >= 15 is 0 Å². The first-order chi connectivity index (χ1) is 36.8. The van der Waals surface area contributed by atoms with Crippen LogP contribution in [0.25, 0.3) is 0 Å². The first kappa shape index (κ1) is 70.9. The highest BCUT2D eigenvalue weighted by Gasteiger charge is 2.26. The number of phosphoric ester groups is 1. The quantitative estimate of drug-likeness (QED) is 0.0264. The zero-order valence-electron chi connectivity index (χ0n) is 47.2. The van der Waals surface area contributed by atoms with Gasteiger partial charge in [0.25, 0.3) is 0 Å². The van der Waals surface area contributed by atoms with Crippen molar-refractivity contribution in [2.24, 2.45) is 5.73 Å². The number of unbranched alkanes of at least 4 members (excludes halogenated alkanes) is 16. The van der Waals surface area contributed by atoms with Crippen molar-refractivity contribution < 1.29 is 37.6 Å². The molecule has 0 aromatic rings. The van der Waals surface area contributed by atoms with Crippen molar-refractivity contribution in [3.8, 4) is 0 Å². The highest BCUT2D eigenvalue weighted by molar-refractivity contribution is 7.47. The maximum atomic E-state index is 12.7. The van der Waals surface area contributed by atoms with Crippen LogP contribution in [0.2, 0.25) is 0 Å². The van der Waals surface area contributed by atoms with Crippen LogP contribution in [0, 0.1) is 0 Å². The van der Waals surface area contributed by atoms with Gasteiger partial charge in [0, 0.05) is 19.4 Å². The van der Waals surface area contributed by atoms with Crippen LogP contribution in [-0.2, 0) is 32.7 Å². The lowest BCUT2D eigenvalue weighted by Crippen LogP contribution is -2.29. The van der Waals surface area contributed by atoms with Crippen LogP contribution in [-0.4, -0.2) is 49.3 Å². The lowest BCUT2D eigenvalue weighted by atomic mass is 10.1. The Kier molecular flexibility index (Phi) is 55.9. The number of nitrogens with two attached hydrogens (primary N) is 1. The lowest BCUT2D eigenvalue weighted by molar-refractivity contribution is -0.161. The van der Waals surface area contributed by atoms with Crippen LogP contribution in [0.5, 0.6) is 0 Å². The van der Waals surface area contributed by atoms with E-state index < -0.39 is 32.5 Å². The minimum Gasteiger partial charge on any atom is -0.462 e. The molecule has 0 amide bonds. The molecule has 0 fully saturated rings. The molecule has 75 heavy (non-hydrogen) atoms. The SMILES string of the molecule is CC/C=C\C/C=C\C/C=C\C/C=C\C/C=C\C/C=C\C/C=C\C/C=C\CCCCCCCCCCC(=O)OC(COC(=O)CCCCCCCCCC/C=C\C/C=C\C/C=C\C/C=C\CC)COP(=O)(O)OCCN. The van der Waals surface area contributed by atoms with Gasteiger partial charge in [-0.2, -0.15) is 0 Å². The van der Waals surface area contributed by atoms with Gasteiger partial charge in [-0.05, 0) is 116 Å². The van der Waals surface area contributed by atoms with E-state index in [0.717, 1.165) is 128 Å². The number of allylic oxidation sites excluding steroid dienone is 24. The standard InChI is InChI=1S/C65H106NO8P/c1-3-5-7-9-11-13-15-17-19-21-23-25-26-27-28-29-30-31-32-33-34-35-36-38-40-42-44-46-48-50-52-54-56-58-65(68)74-63(62-73-75(69,70)72-60-59-66)61-71-64(67)57-55-53-51-49-47-45-43-41-39-37-24-22-20-18-16-14-12-10-8-6-4-2/h5-8,11-14,17-20,23-25,27-28,30-31,33-34,36-38,63H,3-4,9-10,15-16,21-22,26,29,32,35,39-62,66H2,1-2H3,(H,69,70)/b7-5-,8-6-,13-11-,14-12-,19-17-,20-18-,25-23-,28-27-,31-30-,34-33-,37-24-,38-36-. The Labute approximate surface area is 458 Å². The van der Waals surface area contributed by atoms with Gasteiger partial charge in [-0.25, -0.2) is 4.57 Å². The number of hydrogen-bond donors (Lipinski definition) is 2. The Hall–Kier alpha value is -4.11. The summed E-state index contributed by atoms with van der Waals surface area (Å²) < 4.78 is 33.0. The molecule has 0 aromatic carbocycles. The van der Waals surface area contributed by atoms with Gasteiger partial charge in [-0.3, -0.25) is 18.6 Å². The van der Waals surface area contributed by atoms with E-state index in [1.54, 1.807) is 0 Å². The summed E-state index contributed by atoms with van der Waals surface area (Å²) in [6.45, 7) is 3.48. The smallest absolute Gasteiger partial charge is 0.462 e. The molecule has 2 atom stereocenters. The van der Waals surface area contributed by atoms with Gasteiger partial charge in [-0.1, -0.05) is 237 Å². The van der Waals surface area contributed by atoms with Crippen LogP contribution in [0.15, 0.2) is 146 Å². The van der Waals surface area contributed by atoms with E-state index in [4.69, 9.17) is 24.3 Å². The molecular weight excluding hydrogens is 954 g/mol. The predicted molar refractivity (Wildman–Crippen MR) is 320 cm³/mol. The second-order valence-corrected chi connectivity index (χ2v) is 20.2. The zero-order valence-corrected chi connectivity index (χ0v) is 48.1. The Morgan fingerprint density at radius 2 is 0.693 bits per heavy atom. The summed E-state index contributed by atoms with van der Waals surface area (Å²) in [6.07, 6.45) is 84.6. The maximum Gasteiger partial charge on any atom is 0.472 e. The van der Waals surface area contributed by atoms with Crippen LogP contribution < -0.4 is 5.73 Å². The number of esters is 2. The molecule has 0 heterocycles. The van der Waals surface area contributed by atoms with E-state index in [1.807, 2.05) is 0 Å². The molecule has 0 rings (SSSR count). The lowest BCUT2D eigenvalue weighted by Gasteiger charge is -2.19. The highest BCUT2D eigenvalue weighted by Crippen LogP contribution is 2.43. The third kappa shape index (κ3) is 59.0. The topological polar surface area (TPSA) is 134 Å². The molecule has 0 bridgehead atoms. The number of carbonyl (C=O) groups excluding carboxylic acids is 2. The van der Waals surface area contributed by atoms with Gasteiger partial charge in [0.2, 0.25) is 0 Å². The van der Waals surface area contributed by atoms with Crippen molar-refractivity contribution in [1.82, 2.24) is 0 Å². The molecule has 3 N–H and O–H groups in total. The fourth-order valence-corrected chi connectivity index (χ4v) is 8.23. The number of carbonyl (C=O) groups is 2. The molecule has 0 aliphatic heterocycles. The van der Waals surface area contributed by atoms with Gasteiger partial charge in [0.15, 0.2) is 6.10 Å². The Morgan fingerprint density at radius 3 is 1.03 bits per heavy atom. The third-order valence-electron chi connectivity index (χ3n) is 11.7. The van der Waals surface area contributed by atoms with E-state index in [2.05, 4.69) is 160 Å². The van der Waals surface area contributed by atoms with Gasteiger partial charge in [0.1, 0.15) is 6.61 Å². The van der Waals surface area contributed by atoms with Crippen LogP contribution >= 0.6 is 7.82 Å². The first-order valence-corrected chi connectivity index (χ1v) is 30.8. The van der Waals surface area contributed by atoms with E-state index in [0.29, 0.717) is 12.8 Å². The molecule has 0 saturated carbocycles. The molecule has 0 aliphatic rings. The van der Waals surface area contributed by atoms with Crippen molar-refractivity contribution >= 4 is 19.8 Å². The fraction of sp³-hybridized carbons (Fsp3) is 0.600. The molecular formula is C65H106NO8P. The zero-order chi connectivity index (χ0) is 54.5. The molecule has 10 heteroatoms. The minimum atomic E-state index is -4.40. The molecule has 0 radical (unpaired) electrons. The molecule has 0 saturated heterocycles. The second kappa shape index (κ2) is 59.1. The van der Waals surface area contributed by atoms with Gasteiger partial charge < -0.3 is 20.1 Å². The Bertz CT molecular complexity index is 1730. The van der Waals surface area contributed by atoms with Crippen LogP contribution in [0.3, 0.4) is 0 Å². The average molecular weight is 1060 g/mol. The number of phosphoric acid groups is 1. The summed E-state index contributed by atoms with van der Waals surface area (Å²) in [5.74, 6) is -0.857. The van der Waals surface area contributed by atoms with Crippen LogP contribution in [0.1, 0.15) is 219 Å². The van der Waals surface area contributed by atoms with Crippen molar-refractivity contribution in [2.75, 3.05) is 26.4 Å². The monoisotopic (exact) mass is 1060 g/mol. The minimum absolute atomic E-state index is 0.0427. The van der Waals surface area contributed by atoms with E-state index in [-0.39, 0.29) is 32.6 Å². The Morgan fingerprint density at radius 1 is 0.400 bits per heavy atom. The summed E-state index contributed by atoms with van der Waals surface area (Å²) in [5, 5.41) is 0. The Balaban J connectivity index is 4.06. The summed E-state index contributed by atoms with van der Waals surface area (Å²) >= 11 is 0. The summed E-state index contributed by atoms with van der Waals surface area (Å²) in [4.78, 5) is 35.2. The molecule has 9 nitrogen and oxygen atoms in total. The van der Waals surface area contributed by atoms with E-state index in [1.165, 1.54) is 51.4 Å². The summed E-state index contributed by atoms with van der Waals surface area (Å²) in [7, 11) is -4.40. The van der Waals surface area contributed by atoms with Crippen molar-refractivity contribution in [1.29, 1.82) is 0 Å². The van der Waals surface area contributed by atoms with Crippen molar-refractivity contribution in [3.05, 3.63) is 146 Å². The number of rotatable bonds is 53. The van der Waals surface area contributed by atoms with Crippen LogP contribution in [0.4, 0.5) is 0 Å². The fourth-order valence-electron chi connectivity index (χ4n) is 7.47. The number of hydrogen-bond acceptors (Lipinski definition) is 8. The van der Waals surface area contributed by atoms with Gasteiger partial charge in [-0.15, -0.1) is 0 Å². The van der Waals surface area contributed by atoms with E-state index in [9.17, 15) is 19.0 Å². The van der Waals surface area contributed by atoms with Crippen molar-refractivity contribution in [2.45, 2.75) is 225 Å². The van der Waals surface area contributed by atoms with Gasteiger partial charge in [0.05, 0.1) is 13.2 Å². The largest absolute Gasteiger partial charge is 0.472 e. The van der Waals surface area contributed by atoms with Crippen molar-refractivity contribution in [3.63, 3.8) is 0 Å². The summed E-state index contributed by atoms with van der Waals surface area (Å²) in [6, 6.07) is 0. The second-order valence-electron chi connectivity index (χ2n) is 18.7. The highest BCUT2D eigenvalue weighted by atomic mass is 31.2. The van der Waals surface area contributed by atoms with Gasteiger partial charge >= 0.3 is 19.8 Å².